The highest BCUT2D eigenvalue weighted by atomic mass is 16.3. The number of aliphatic hydroxyl groups is 1. The maximum Gasteiger partial charge on any atom is 0.0557 e. The predicted octanol–water partition coefficient (Wildman–Crippen LogP) is 1.35. The summed E-state index contributed by atoms with van der Waals surface area (Å²) in [6.45, 7) is 4.41. The molecule has 0 saturated carbocycles. The van der Waals surface area contributed by atoms with Crippen LogP contribution in [0.15, 0.2) is 24.3 Å². The Balaban J connectivity index is 2.14. The number of benzene rings is 1. The Hall–Kier alpha value is -1.06. The van der Waals surface area contributed by atoms with E-state index >= 15 is 0 Å². The highest BCUT2D eigenvalue weighted by Gasteiger charge is 2.26. The summed E-state index contributed by atoms with van der Waals surface area (Å²) in [4.78, 5) is 2.33. The molecule has 0 radical (unpaired) electrons. The van der Waals surface area contributed by atoms with Crippen LogP contribution in [0.3, 0.4) is 0 Å². The van der Waals surface area contributed by atoms with Crippen molar-refractivity contribution in [1.29, 1.82) is 0 Å². The van der Waals surface area contributed by atoms with Crippen LogP contribution in [-0.4, -0.2) is 24.3 Å². The SMILES string of the molecule is CC(O)C1CCN(c2ccccc2CN)C1. The van der Waals surface area contributed by atoms with E-state index in [1.807, 2.05) is 19.1 Å². The quantitative estimate of drug-likeness (QED) is 0.808. The van der Waals surface area contributed by atoms with Gasteiger partial charge in [-0.05, 0) is 25.0 Å². The number of rotatable bonds is 3. The van der Waals surface area contributed by atoms with Gasteiger partial charge in [0.25, 0.3) is 0 Å². The Morgan fingerprint density at radius 3 is 2.88 bits per heavy atom. The average Bonchev–Trinajstić information content (AvgIpc) is 2.78. The zero-order valence-electron chi connectivity index (χ0n) is 9.76. The Morgan fingerprint density at radius 1 is 1.50 bits per heavy atom. The zero-order valence-corrected chi connectivity index (χ0v) is 9.76. The van der Waals surface area contributed by atoms with Crippen LogP contribution in [-0.2, 0) is 6.54 Å². The number of hydrogen-bond acceptors (Lipinski definition) is 3. The van der Waals surface area contributed by atoms with E-state index < -0.39 is 0 Å². The molecule has 0 bridgehead atoms. The molecule has 0 spiro atoms. The molecule has 1 aromatic carbocycles. The van der Waals surface area contributed by atoms with Crippen molar-refractivity contribution in [2.75, 3.05) is 18.0 Å². The Kier molecular flexibility index (Phi) is 3.46. The summed E-state index contributed by atoms with van der Waals surface area (Å²) < 4.78 is 0. The van der Waals surface area contributed by atoms with E-state index in [2.05, 4.69) is 17.0 Å². The summed E-state index contributed by atoms with van der Waals surface area (Å²) in [6.07, 6.45) is 0.853. The van der Waals surface area contributed by atoms with E-state index in [9.17, 15) is 5.11 Å². The van der Waals surface area contributed by atoms with Crippen LogP contribution in [0.1, 0.15) is 18.9 Å². The second-order valence-electron chi connectivity index (χ2n) is 4.57. The number of aliphatic hydroxyl groups excluding tert-OH is 1. The monoisotopic (exact) mass is 220 g/mol. The fraction of sp³-hybridized carbons (Fsp3) is 0.538. The lowest BCUT2D eigenvalue weighted by atomic mass is 10.0. The van der Waals surface area contributed by atoms with Gasteiger partial charge in [-0.3, -0.25) is 0 Å². The second-order valence-corrected chi connectivity index (χ2v) is 4.57. The summed E-state index contributed by atoms with van der Waals surface area (Å²) in [5, 5.41) is 9.59. The topological polar surface area (TPSA) is 49.5 Å². The third-order valence-corrected chi connectivity index (χ3v) is 3.46. The third kappa shape index (κ3) is 2.20. The highest BCUT2D eigenvalue weighted by Crippen LogP contribution is 2.28. The van der Waals surface area contributed by atoms with Crippen molar-refractivity contribution in [3.05, 3.63) is 29.8 Å². The van der Waals surface area contributed by atoms with Crippen molar-refractivity contribution < 1.29 is 5.11 Å². The molecule has 2 atom stereocenters. The molecule has 3 heteroatoms. The van der Waals surface area contributed by atoms with Crippen molar-refractivity contribution in [2.45, 2.75) is 26.0 Å². The van der Waals surface area contributed by atoms with Gasteiger partial charge in [-0.2, -0.15) is 0 Å². The molecule has 16 heavy (non-hydrogen) atoms. The molecule has 2 unspecified atom stereocenters. The smallest absolute Gasteiger partial charge is 0.0557 e. The molecule has 1 heterocycles. The van der Waals surface area contributed by atoms with Gasteiger partial charge in [0.15, 0.2) is 0 Å². The van der Waals surface area contributed by atoms with Gasteiger partial charge in [0.05, 0.1) is 6.10 Å². The van der Waals surface area contributed by atoms with Crippen LogP contribution in [0.5, 0.6) is 0 Å². The standard InChI is InChI=1S/C13H20N2O/c1-10(16)12-6-7-15(9-12)13-5-3-2-4-11(13)8-14/h2-5,10,12,16H,6-9,14H2,1H3. The fourth-order valence-electron chi connectivity index (χ4n) is 2.39. The lowest BCUT2D eigenvalue weighted by Crippen LogP contribution is -2.25. The van der Waals surface area contributed by atoms with Crippen molar-refractivity contribution in [1.82, 2.24) is 0 Å². The zero-order chi connectivity index (χ0) is 11.5. The van der Waals surface area contributed by atoms with Gasteiger partial charge in [-0.15, -0.1) is 0 Å². The second kappa shape index (κ2) is 4.85. The number of nitrogens with zero attached hydrogens (tertiary/aromatic N) is 1. The first-order valence-corrected chi connectivity index (χ1v) is 5.93. The molecule has 0 aromatic heterocycles. The summed E-state index contributed by atoms with van der Waals surface area (Å²) in [5.41, 5.74) is 8.16. The number of nitrogens with two attached hydrogens (primary N) is 1. The van der Waals surface area contributed by atoms with Crippen molar-refractivity contribution in [2.24, 2.45) is 11.7 Å². The van der Waals surface area contributed by atoms with Crippen LogP contribution in [0.2, 0.25) is 0 Å². The third-order valence-electron chi connectivity index (χ3n) is 3.46. The molecular formula is C13H20N2O. The van der Waals surface area contributed by atoms with Gasteiger partial charge < -0.3 is 15.7 Å². The van der Waals surface area contributed by atoms with E-state index in [0.717, 1.165) is 19.5 Å². The van der Waals surface area contributed by atoms with Crippen LogP contribution in [0, 0.1) is 5.92 Å². The molecule has 0 amide bonds. The van der Waals surface area contributed by atoms with Gasteiger partial charge in [0, 0.05) is 31.2 Å². The Bertz CT molecular complexity index is 352. The van der Waals surface area contributed by atoms with Gasteiger partial charge >= 0.3 is 0 Å². The lowest BCUT2D eigenvalue weighted by molar-refractivity contribution is 0.136. The van der Waals surface area contributed by atoms with E-state index in [4.69, 9.17) is 5.73 Å². The first kappa shape index (κ1) is 11.4. The summed E-state index contributed by atoms with van der Waals surface area (Å²) in [5.74, 6) is 0.394. The molecule has 1 saturated heterocycles. The molecule has 2 rings (SSSR count). The maximum atomic E-state index is 9.59. The van der Waals surface area contributed by atoms with E-state index in [-0.39, 0.29) is 6.10 Å². The molecular weight excluding hydrogens is 200 g/mol. The van der Waals surface area contributed by atoms with E-state index in [1.165, 1.54) is 11.3 Å². The number of anilines is 1. The summed E-state index contributed by atoms with van der Waals surface area (Å²) in [6, 6.07) is 8.26. The minimum atomic E-state index is -0.213. The molecule has 1 aliphatic heterocycles. The van der Waals surface area contributed by atoms with E-state index in [1.54, 1.807) is 0 Å². The maximum absolute atomic E-state index is 9.59. The molecule has 3 nitrogen and oxygen atoms in total. The highest BCUT2D eigenvalue weighted by molar-refractivity contribution is 5.54. The number of hydrogen-bond donors (Lipinski definition) is 2. The van der Waals surface area contributed by atoms with Gasteiger partial charge in [0.1, 0.15) is 0 Å². The lowest BCUT2D eigenvalue weighted by Gasteiger charge is -2.22. The Labute approximate surface area is 96.9 Å². The summed E-state index contributed by atoms with van der Waals surface area (Å²) in [7, 11) is 0. The molecule has 88 valence electrons. The molecule has 3 N–H and O–H groups in total. The molecule has 1 aliphatic rings. The average molecular weight is 220 g/mol. The van der Waals surface area contributed by atoms with Gasteiger partial charge in [0.2, 0.25) is 0 Å². The molecule has 1 aromatic rings. The number of para-hydroxylation sites is 1. The first-order chi connectivity index (χ1) is 7.72. The van der Waals surface area contributed by atoms with Crippen LogP contribution >= 0.6 is 0 Å². The van der Waals surface area contributed by atoms with Crippen molar-refractivity contribution in [3.8, 4) is 0 Å². The van der Waals surface area contributed by atoms with Crippen LogP contribution in [0.25, 0.3) is 0 Å². The fourth-order valence-corrected chi connectivity index (χ4v) is 2.39. The van der Waals surface area contributed by atoms with Gasteiger partial charge in [-0.25, -0.2) is 0 Å². The predicted molar refractivity (Wildman–Crippen MR) is 66.3 cm³/mol. The van der Waals surface area contributed by atoms with Gasteiger partial charge in [-0.1, -0.05) is 18.2 Å². The normalized spacial score (nSPS) is 22.4. The molecule has 1 fully saturated rings. The first-order valence-electron chi connectivity index (χ1n) is 5.93. The van der Waals surface area contributed by atoms with Crippen LogP contribution < -0.4 is 10.6 Å². The Morgan fingerprint density at radius 2 is 2.25 bits per heavy atom. The summed E-state index contributed by atoms with van der Waals surface area (Å²) >= 11 is 0. The largest absolute Gasteiger partial charge is 0.393 e. The molecule has 0 aliphatic carbocycles. The van der Waals surface area contributed by atoms with Crippen molar-refractivity contribution in [3.63, 3.8) is 0 Å². The minimum Gasteiger partial charge on any atom is -0.393 e. The van der Waals surface area contributed by atoms with Crippen LogP contribution in [0.4, 0.5) is 5.69 Å². The van der Waals surface area contributed by atoms with E-state index in [0.29, 0.717) is 12.5 Å². The minimum absolute atomic E-state index is 0.213. The van der Waals surface area contributed by atoms with Crippen molar-refractivity contribution >= 4 is 5.69 Å².